The Kier molecular flexibility index (Phi) is 2.26. The minimum atomic E-state index is 0.00710. The van der Waals surface area contributed by atoms with Gasteiger partial charge in [0.15, 0.2) is 0 Å². The fraction of sp³-hybridized carbons (Fsp3) is 0.333. The van der Waals surface area contributed by atoms with Crippen LogP contribution in [-0.4, -0.2) is 20.4 Å². The molecule has 0 fully saturated rings. The van der Waals surface area contributed by atoms with Gasteiger partial charge >= 0.3 is 89.3 Å². The first-order valence-corrected chi connectivity index (χ1v) is 7.07. The summed E-state index contributed by atoms with van der Waals surface area (Å²) < 4.78 is 3.99. The number of hydrogen-bond acceptors (Lipinski definition) is 0. The van der Waals surface area contributed by atoms with Crippen LogP contribution in [0.5, 0.6) is 0 Å². The van der Waals surface area contributed by atoms with Crippen molar-refractivity contribution in [3.63, 3.8) is 0 Å². The van der Waals surface area contributed by atoms with Gasteiger partial charge in [-0.1, -0.05) is 0 Å². The van der Waals surface area contributed by atoms with E-state index in [0.29, 0.717) is 0 Å². The Bertz CT molecular complexity index is 418. The Hall–Kier alpha value is -0.250. The Morgan fingerprint density at radius 3 is 2.54 bits per heavy atom. The molecular weight excluding hydrogens is 272 g/mol. The molecule has 0 amide bonds. The number of benzene rings is 1. The van der Waals surface area contributed by atoms with Crippen molar-refractivity contribution in [3.05, 3.63) is 33.9 Å². The van der Waals surface area contributed by atoms with E-state index in [2.05, 4.69) is 49.1 Å². The van der Waals surface area contributed by atoms with Crippen molar-refractivity contribution in [2.45, 2.75) is 26.2 Å². The second-order valence-electron chi connectivity index (χ2n) is 4.39. The molecule has 0 aliphatic rings. The average Bonchev–Trinajstić information content (AvgIpc) is 2.48. The van der Waals surface area contributed by atoms with Gasteiger partial charge in [-0.05, 0) is 0 Å². The van der Waals surface area contributed by atoms with Crippen molar-refractivity contribution < 1.29 is 0 Å². The van der Waals surface area contributed by atoms with Gasteiger partial charge in [-0.2, -0.15) is 0 Å². The fourth-order valence-electron chi connectivity index (χ4n) is 1.65. The first kappa shape index (κ1) is 9.31. The third kappa shape index (κ3) is 1.68. The topological polar surface area (TPSA) is 0 Å². The van der Waals surface area contributed by atoms with Crippen molar-refractivity contribution in [1.82, 2.24) is 0 Å². The summed E-state index contributed by atoms with van der Waals surface area (Å²) in [6.45, 7) is 6.86. The van der Waals surface area contributed by atoms with Gasteiger partial charge in [-0.25, -0.2) is 0 Å². The molecule has 0 bridgehead atoms. The molecule has 2 rings (SSSR count). The van der Waals surface area contributed by atoms with Crippen molar-refractivity contribution in [3.8, 4) is 0 Å². The summed E-state index contributed by atoms with van der Waals surface area (Å²) in [6.07, 6.45) is 0. The van der Waals surface area contributed by atoms with Crippen LogP contribution >= 0.6 is 0 Å². The molecule has 0 N–H and O–H groups in total. The monoisotopic (exact) mass is 288 g/mol. The van der Waals surface area contributed by atoms with Crippen LogP contribution in [0.4, 0.5) is 0 Å². The summed E-state index contributed by atoms with van der Waals surface area (Å²) in [6, 6.07) is 9.07. The molecule has 0 radical (unpaired) electrons. The van der Waals surface area contributed by atoms with Gasteiger partial charge in [-0.3, -0.25) is 0 Å². The van der Waals surface area contributed by atoms with Crippen LogP contribution in [0.3, 0.4) is 0 Å². The standard InChI is InChI=1S/C12H14Te/c1-12(2,3)10-5-4-6-11-9(10)7-8-13-11/h4-8H,1-3H3. The molecule has 0 atom stereocenters. The normalized spacial score (nSPS) is 12.2. The second-order valence-corrected chi connectivity index (χ2v) is 7.09. The molecule has 13 heavy (non-hydrogen) atoms. The summed E-state index contributed by atoms with van der Waals surface area (Å²) >= 11 is 0.00710. The predicted octanol–water partition coefficient (Wildman–Crippen LogP) is 3.19. The molecule has 1 heteroatoms. The Labute approximate surface area is 89.2 Å². The van der Waals surface area contributed by atoms with Gasteiger partial charge in [0.1, 0.15) is 0 Å². The second kappa shape index (κ2) is 3.15. The molecule has 2 aromatic rings. The molecule has 1 aromatic heterocycles. The first-order valence-electron chi connectivity index (χ1n) is 4.56. The van der Waals surface area contributed by atoms with E-state index in [1.54, 1.807) is 3.40 Å². The molecule has 68 valence electrons. The zero-order chi connectivity index (χ0) is 9.47. The van der Waals surface area contributed by atoms with Crippen molar-refractivity contribution in [2.24, 2.45) is 0 Å². The van der Waals surface area contributed by atoms with E-state index in [0.717, 1.165) is 0 Å². The van der Waals surface area contributed by atoms with Gasteiger partial charge in [0.05, 0.1) is 0 Å². The van der Waals surface area contributed by atoms with Crippen LogP contribution < -0.4 is 0 Å². The molecule has 0 saturated heterocycles. The Morgan fingerprint density at radius 2 is 1.85 bits per heavy atom. The molecule has 0 aliphatic heterocycles. The van der Waals surface area contributed by atoms with Gasteiger partial charge in [0.2, 0.25) is 0 Å². The number of hydrogen-bond donors (Lipinski definition) is 0. The van der Waals surface area contributed by atoms with Crippen LogP contribution in [0.15, 0.2) is 28.3 Å². The molecule has 0 unspecified atom stereocenters. The molecule has 0 spiro atoms. The van der Waals surface area contributed by atoms with E-state index in [9.17, 15) is 0 Å². The van der Waals surface area contributed by atoms with E-state index >= 15 is 0 Å². The van der Waals surface area contributed by atoms with Crippen molar-refractivity contribution in [2.75, 3.05) is 0 Å². The maximum atomic E-state index is 2.38. The zero-order valence-electron chi connectivity index (χ0n) is 8.29. The van der Waals surface area contributed by atoms with Crippen LogP contribution in [0.1, 0.15) is 26.3 Å². The van der Waals surface area contributed by atoms with E-state index in [-0.39, 0.29) is 25.8 Å². The fourth-order valence-corrected chi connectivity index (χ4v) is 3.97. The van der Waals surface area contributed by atoms with Crippen LogP contribution in [0.25, 0.3) is 8.79 Å². The maximum absolute atomic E-state index is 2.38. The number of fused-ring (bicyclic) bond motifs is 1. The summed E-state index contributed by atoms with van der Waals surface area (Å²) in [7, 11) is 0. The van der Waals surface area contributed by atoms with Crippen molar-refractivity contribution in [1.29, 1.82) is 0 Å². The number of rotatable bonds is 0. The van der Waals surface area contributed by atoms with E-state index < -0.39 is 0 Å². The summed E-state index contributed by atoms with van der Waals surface area (Å²) in [5.41, 5.74) is 1.79. The summed E-state index contributed by atoms with van der Waals surface area (Å²) in [5, 5.41) is 1.51. The Balaban J connectivity index is 2.75. The summed E-state index contributed by atoms with van der Waals surface area (Å²) in [4.78, 5) is 0. The minimum absolute atomic E-state index is 0.00710. The van der Waals surface area contributed by atoms with Gasteiger partial charge in [0.25, 0.3) is 0 Å². The van der Waals surface area contributed by atoms with E-state index in [4.69, 9.17) is 0 Å². The van der Waals surface area contributed by atoms with Crippen LogP contribution in [0, 0.1) is 0 Å². The molecule has 0 aliphatic carbocycles. The van der Waals surface area contributed by atoms with Gasteiger partial charge < -0.3 is 0 Å². The molecular formula is C12H14Te. The first-order chi connectivity index (χ1) is 6.09. The SMILES string of the molecule is CC(C)(C)c1cccc2[te]ccc12. The average molecular weight is 286 g/mol. The van der Waals surface area contributed by atoms with Crippen LogP contribution in [0.2, 0.25) is 0 Å². The Morgan fingerprint density at radius 1 is 1.08 bits per heavy atom. The van der Waals surface area contributed by atoms with Crippen molar-refractivity contribution >= 4 is 29.2 Å². The molecule has 0 saturated carbocycles. The van der Waals surface area contributed by atoms with Gasteiger partial charge in [0, 0.05) is 0 Å². The quantitative estimate of drug-likeness (QED) is 0.652. The third-order valence-electron chi connectivity index (χ3n) is 2.30. The summed E-state index contributed by atoms with van der Waals surface area (Å²) in [5.74, 6) is 0. The molecule has 1 aromatic carbocycles. The van der Waals surface area contributed by atoms with E-state index in [1.807, 2.05) is 0 Å². The predicted molar refractivity (Wildman–Crippen MR) is 59.6 cm³/mol. The third-order valence-corrected chi connectivity index (χ3v) is 4.82. The molecule has 0 nitrogen and oxygen atoms in total. The molecule has 1 heterocycles. The van der Waals surface area contributed by atoms with Gasteiger partial charge in [-0.15, -0.1) is 0 Å². The zero-order valence-corrected chi connectivity index (χ0v) is 10.6. The van der Waals surface area contributed by atoms with E-state index in [1.165, 1.54) is 10.9 Å². The van der Waals surface area contributed by atoms with Crippen LogP contribution in [-0.2, 0) is 5.41 Å².